The smallest absolute Gasteiger partial charge is 0.179 e. The fourth-order valence-electron chi connectivity index (χ4n) is 0.497. The highest BCUT2D eigenvalue weighted by Gasteiger charge is 2.08. The summed E-state index contributed by atoms with van der Waals surface area (Å²) in [6, 6.07) is 0. The van der Waals surface area contributed by atoms with E-state index in [0.29, 0.717) is 13.1 Å². The second-order valence-electron chi connectivity index (χ2n) is 2.12. The largest absolute Gasteiger partial charge is 0.329 e. The monoisotopic (exact) mass is 319 g/mol. The summed E-state index contributed by atoms with van der Waals surface area (Å²) in [7, 11) is -0.243. The van der Waals surface area contributed by atoms with Crippen molar-refractivity contribution < 1.29 is 0 Å². The Morgan fingerprint density at radius 3 is 1.71 bits per heavy atom. The molecule has 0 spiro atoms. The van der Waals surface area contributed by atoms with Crippen LogP contribution in [0.3, 0.4) is 0 Å². The Kier molecular flexibility index (Phi) is 19.4. The lowest BCUT2D eigenvalue weighted by Gasteiger charge is -1.91. The van der Waals surface area contributed by atoms with Crippen LogP contribution in [0.5, 0.6) is 0 Å². The molecule has 0 amide bonds. The number of halogens is 4. The second-order valence-corrected chi connectivity index (χ2v) is 9.81. The standard InChI is InChI=1S/C3H7ClNP.C2H8N2.Cl3P/c4-6-3-1-2-5-6;3-1-2-4;1-4(2)3/h5H,1-3H2;1-4H2;. The van der Waals surface area contributed by atoms with Gasteiger partial charge in [0.05, 0.1) is 7.43 Å². The summed E-state index contributed by atoms with van der Waals surface area (Å²) < 4.78 is 0. The molecule has 3 nitrogen and oxygen atoms in total. The molecule has 1 rings (SSSR count). The van der Waals surface area contributed by atoms with E-state index in [4.69, 9.17) is 56.4 Å². The van der Waals surface area contributed by atoms with E-state index in [1.165, 1.54) is 12.6 Å². The van der Waals surface area contributed by atoms with Gasteiger partial charge in [0.15, 0.2) is 5.98 Å². The molecule has 1 fully saturated rings. The third-order valence-corrected chi connectivity index (χ3v) is 3.12. The SMILES string of the molecule is ClP(Cl)Cl.ClP1CCCN1.NCCN. The van der Waals surface area contributed by atoms with Crippen molar-refractivity contribution >= 4 is 58.4 Å². The maximum atomic E-state index is 5.67. The molecule has 88 valence electrons. The van der Waals surface area contributed by atoms with Crippen molar-refractivity contribution in [3.05, 3.63) is 0 Å². The Morgan fingerprint density at radius 2 is 1.64 bits per heavy atom. The van der Waals surface area contributed by atoms with Crippen LogP contribution in [0.4, 0.5) is 0 Å². The number of hydrogen-bond donors (Lipinski definition) is 3. The van der Waals surface area contributed by atoms with Gasteiger partial charge in [0.1, 0.15) is 0 Å². The van der Waals surface area contributed by atoms with Gasteiger partial charge in [-0.3, -0.25) is 5.09 Å². The summed E-state index contributed by atoms with van der Waals surface area (Å²) in [5.41, 5.74) is 9.81. The zero-order valence-corrected chi connectivity index (χ0v) is 12.4. The van der Waals surface area contributed by atoms with E-state index in [-0.39, 0.29) is 7.43 Å². The van der Waals surface area contributed by atoms with E-state index in [1.807, 2.05) is 0 Å². The highest BCUT2D eigenvalue weighted by molar-refractivity contribution is 8.20. The number of nitrogens with one attached hydrogen (secondary N) is 1. The maximum Gasteiger partial charge on any atom is 0.179 e. The van der Waals surface area contributed by atoms with E-state index in [0.717, 1.165) is 6.54 Å². The van der Waals surface area contributed by atoms with Gasteiger partial charge in [-0.1, -0.05) is 45.0 Å². The van der Waals surface area contributed by atoms with Gasteiger partial charge in [-0.2, -0.15) is 0 Å². The van der Waals surface area contributed by atoms with Crippen molar-refractivity contribution in [1.82, 2.24) is 5.09 Å². The molecule has 0 bridgehead atoms. The number of hydrogen-bond acceptors (Lipinski definition) is 3. The number of rotatable bonds is 1. The van der Waals surface area contributed by atoms with Crippen molar-refractivity contribution in [2.24, 2.45) is 11.5 Å². The fraction of sp³-hybridized carbons (Fsp3) is 1.00. The average Bonchev–Trinajstić information content (AvgIpc) is 2.55. The average molecular weight is 321 g/mol. The van der Waals surface area contributed by atoms with Crippen LogP contribution in [-0.2, 0) is 0 Å². The van der Waals surface area contributed by atoms with Gasteiger partial charge in [0.2, 0.25) is 0 Å². The molecule has 0 radical (unpaired) electrons. The molecular formula is C5H15Cl4N3P2. The van der Waals surface area contributed by atoms with Gasteiger partial charge in [-0.25, -0.2) is 0 Å². The Labute approximate surface area is 107 Å². The van der Waals surface area contributed by atoms with Gasteiger partial charge in [0, 0.05) is 19.6 Å². The van der Waals surface area contributed by atoms with Crippen molar-refractivity contribution in [2.45, 2.75) is 6.42 Å². The molecule has 0 aromatic carbocycles. The van der Waals surface area contributed by atoms with Crippen LogP contribution in [0.25, 0.3) is 0 Å². The maximum absolute atomic E-state index is 5.67. The van der Waals surface area contributed by atoms with Crippen LogP contribution in [0, 0.1) is 0 Å². The van der Waals surface area contributed by atoms with Gasteiger partial charge < -0.3 is 11.5 Å². The quantitative estimate of drug-likeness (QED) is 0.649. The zero-order chi connectivity index (χ0) is 11.4. The van der Waals surface area contributed by atoms with Crippen LogP contribution in [0.1, 0.15) is 6.42 Å². The predicted molar refractivity (Wildman–Crippen MR) is 72.8 cm³/mol. The van der Waals surface area contributed by atoms with E-state index >= 15 is 0 Å². The summed E-state index contributed by atoms with van der Waals surface area (Å²) in [6.07, 6.45) is 2.48. The highest BCUT2D eigenvalue weighted by Crippen LogP contribution is 2.51. The summed E-state index contributed by atoms with van der Waals surface area (Å²) >= 11 is 20.3. The Hall–Kier alpha value is 1.90. The van der Waals surface area contributed by atoms with E-state index in [9.17, 15) is 0 Å². The molecule has 1 aliphatic heterocycles. The Morgan fingerprint density at radius 1 is 1.21 bits per heavy atom. The van der Waals surface area contributed by atoms with E-state index in [2.05, 4.69) is 5.09 Å². The molecule has 1 aliphatic rings. The third-order valence-electron chi connectivity index (χ3n) is 0.981. The summed E-state index contributed by atoms with van der Waals surface area (Å²) in [6.45, 7) is 2.33. The lowest BCUT2D eigenvalue weighted by atomic mass is 10.5. The number of nitrogens with two attached hydrogens (primary N) is 2. The van der Waals surface area contributed by atoms with Gasteiger partial charge >= 0.3 is 0 Å². The highest BCUT2D eigenvalue weighted by atomic mass is 36.0. The molecule has 1 atom stereocenters. The minimum absolute atomic E-state index is 0.243. The minimum atomic E-state index is -1.20. The lowest BCUT2D eigenvalue weighted by Crippen LogP contribution is -2.11. The van der Waals surface area contributed by atoms with Crippen molar-refractivity contribution in [1.29, 1.82) is 0 Å². The summed E-state index contributed by atoms with van der Waals surface area (Å²) in [5, 5.41) is 3.15. The van der Waals surface area contributed by atoms with Crippen molar-refractivity contribution in [3.8, 4) is 0 Å². The first-order valence-corrected chi connectivity index (χ1v) is 10.4. The Bertz CT molecular complexity index is 100. The molecule has 5 N–H and O–H groups in total. The molecule has 9 heteroatoms. The van der Waals surface area contributed by atoms with Crippen LogP contribution >= 0.6 is 58.4 Å². The van der Waals surface area contributed by atoms with Gasteiger partial charge in [-0.05, 0) is 12.6 Å². The van der Waals surface area contributed by atoms with E-state index in [1.54, 1.807) is 0 Å². The van der Waals surface area contributed by atoms with Crippen LogP contribution < -0.4 is 16.6 Å². The summed E-state index contributed by atoms with van der Waals surface area (Å²) in [5.74, 6) is -1.20. The molecule has 0 aromatic rings. The molecule has 1 unspecified atom stereocenters. The lowest BCUT2D eigenvalue weighted by molar-refractivity contribution is 0.939. The first-order valence-electron chi connectivity index (χ1n) is 3.89. The van der Waals surface area contributed by atoms with Gasteiger partial charge in [0.25, 0.3) is 0 Å². The molecule has 1 saturated heterocycles. The first-order chi connectivity index (χ1) is 6.54. The normalized spacial score (nSPS) is 19.5. The molecule has 14 heavy (non-hydrogen) atoms. The molecule has 0 aliphatic carbocycles. The van der Waals surface area contributed by atoms with E-state index < -0.39 is 5.98 Å². The first kappa shape index (κ1) is 18.3. The van der Waals surface area contributed by atoms with Crippen LogP contribution in [0.15, 0.2) is 0 Å². The Balaban J connectivity index is 0. The van der Waals surface area contributed by atoms with Crippen molar-refractivity contribution in [3.63, 3.8) is 0 Å². The molecule has 0 aromatic heterocycles. The predicted octanol–water partition coefficient (Wildman–Crippen LogP) is 3.36. The topological polar surface area (TPSA) is 64.1 Å². The summed E-state index contributed by atoms with van der Waals surface area (Å²) in [4.78, 5) is 0. The molecule has 0 saturated carbocycles. The second kappa shape index (κ2) is 14.9. The molecular weight excluding hydrogens is 306 g/mol. The van der Waals surface area contributed by atoms with Crippen LogP contribution in [0.2, 0.25) is 0 Å². The fourth-order valence-corrected chi connectivity index (χ4v) is 2.10. The zero-order valence-electron chi connectivity index (χ0n) is 7.60. The molecule has 1 heterocycles. The third kappa shape index (κ3) is 23.6. The van der Waals surface area contributed by atoms with Crippen LogP contribution in [-0.4, -0.2) is 25.8 Å². The van der Waals surface area contributed by atoms with Crippen molar-refractivity contribution in [2.75, 3.05) is 25.8 Å². The minimum Gasteiger partial charge on any atom is -0.329 e. The van der Waals surface area contributed by atoms with Gasteiger partial charge in [-0.15, -0.1) is 0 Å².